The Balaban J connectivity index is 2.14. The van der Waals surface area contributed by atoms with Gasteiger partial charge in [-0.3, -0.25) is 0 Å². The van der Waals surface area contributed by atoms with E-state index in [0.717, 1.165) is 6.42 Å². The molecule has 0 saturated carbocycles. The molecule has 58 valence electrons. The lowest BCUT2D eigenvalue weighted by molar-refractivity contribution is -0.104. The molecule has 3 heteroatoms. The van der Waals surface area contributed by atoms with Gasteiger partial charge in [-0.1, -0.05) is 13.3 Å². The maximum absolute atomic E-state index is 5.27. The molecule has 10 heavy (non-hydrogen) atoms. The average molecular weight is 142 g/mol. The Hall–Kier alpha value is -0.570. The van der Waals surface area contributed by atoms with Crippen molar-refractivity contribution >= 4 is 6.34 Å². The number of rotatable bonds is 3. The molecule has 1 aliphatic rings. The van der Waals surface area contributed by atoms with Gasteiger partial charge in [-0.15, -0.1) is 0 Å². The minimum absolute atomic E-state index is 0.0879. The zero-order valence-corrected chi connectivity index (χ0v) is 6.58. The molecule has 0 radical (unpaired) electrons. The van der Waals surface area contributed by atoms with Crippen molar-refractivity contribution < 1.29 is 4.84 Å². The molecule has 0 fully saturated rings. The monoisotopic (exact) mass is 142 g/mol. The number of hydrogen-bond acceptors (Lipinski definition) is 3. The van der Waals surface area contributed by atoms with Gasteiger partial charge < -0.3 is 0 Å². The number of nitrogens with zero attached hydrogens (tertiary/aromatic N) is 2. The Labute approximate surface area is 61.6 Å². The van der Waals surface area contributed by atoms with Gasteiger partial charge in [0.15, 0.2) is 6.23 Å². The molecule has 1 atom stereocenters. The van der Waals surface area contributed by atoms with Crippen LogP contribution >= 0.6 is 0 Å². The second kappa shape index (κ2) is 3.56. The zero-order chi connectivity index (χ0) is 7.40. The molecule has 0 aromatic carbocycles. The van der Waals surface area contributed by atoms with E-state index in [4.69, 9.17) is 4.84 Å². The maximum Gasteiger partial charge on any atom is 0.177 e. The summed E-state index contributed by atoms with van der Waals surface area (Å²) in [5, 5.41) is 1.65. The van der Waals surface area contributed by atoms with Crippen LogP contribution in [0.3, 0.4) is 0 Å². The van der Waals surface area contributed by atoms with Gasteiger partial charge >= 0.3 is 0 Å². The first-order valence-corrected chi connectivity index (χ1v) is 3.76. The van der Waals surface area contributed by atoms with Gasteiger partial charge in [0.05, 0.1) is 0 Å². The Morgan fingerprint density at radius 2 is 2.50 bits per heavy atom. The van der Waals surface area contributed by atoms with Crippen molar-refractivity contribution in [3.8, 4) is 0 Å². The van der Waals surface area contributed by atoms with Crippen LogP contribution in [0.15, 0.2) is 4.99 Å². The molecule has 0 spiro atoms. The molecule has 0 aromatic rings. The molecule has 0 amide bonds. The maximum atomic E-state index is 5.27. The molecular formula is C7H14N2O. The summed E-state index contributed by atoms with van der Waals surface area (Å²) < 4.78 is 0. The van der Waals surface area contributed by atoms with Crippen LogP contribution in [0.4, 0.5) is 0 Å². The summed E-state index contributed by atoms with van der Waals surface area (Å²) >= 11 is 0. The second-order valence-electron chi connectivity index (χ2n) is 2.51. The first-order chi connectivity index (χ1) is 4.83. The summed E-state index contributed by atoms with van der Waals surface area (Å²) in [4.78, 5) is 9.41. The lowest BCUT2D eigenvalue weighted by Gasteiger charge is -2.09. The van der Waals surface area contributed by atoms with Gasteiger partial charge in [0, 0.05) is 7.05 Å². The largest absolute Gasteiger partial charge is 0.246 e. The molecule has 0 aliphatic carbocycles. The lowest BCUT2D eigenvalue weighted by atomic mass is 10.2. The van der Waals surface area contributed by atoms with Crippen LogP contribution in [0.5, 0.6) is 0 Å². The first-order valence-electron chi connectivity index (χ1n) is 3.76. The van der Waals surface area contributed by atoms with E-state index in [2.05, 4.69) is 11.9 Å². The molecule has 0 N–H and O–H groups in total. The lowest BCUT2D eigenvalue weighted by Crippen LogP contribution is -2.14. The van der Waals surface area contributed by atoms with E-state index in [1.165, 1.54) is 12.8 Å². The van der Waals surface area contributed by atoms with Crippen LogP contribution in [-0.4, -0.2) is 24.7 Å². The first kappa shape index (κ1) is 7.54. The Morgan fingerprint density at radius 1 is 1.70 bits per heavy atom. The molecule has 0 aromatic heterocycles. The fourth-order valence-electron chi connectivity index (χ4n) is 0.921. The molecule has 0 saturated heterocycles. The van der Waals surface area contributed by atoms with Gasteiger partial charge in [0.2, 0.25) is 0 Å². The van der Waals surface area contributed by atoms with Crippen molar-refractivity contribution in [1.29, 1.82) is 0 Å². The van der Waals surface area contributed by atoms with E-state index >= 15 is 0 Å². The number of aliphatic imine (C=N–C) groups is 1. The van der Waals surface area contributed by atoms with E-state index in [9.17, 15) is 0 Å². The third kappa shape index (κ3) is 1.99. The van der Waals surface area contributed by atoms with E-state index in [0.29, 0.717) is 0 Å². The van der Waals surface area contributed by atoms with E-state index < -0.39 is 0 Å². The van der Waals surface area contributed by atoms with Crippen molar-refractivity contribution in [2.75, 3.05) is 7.05 Å². The fraction of sp³-hybridized carbons (Fsp3) is 0.857. The van der Waals surface area contributed by atoms with Gasteiger partial charge in [0.25, 0.3) is 0 Å². The highest BCUT2D eigenvalue weighted by atomic mass is 16.7. The predicted molar refractivity (Wildman–Crippen MR) is 40.7 cm³/mol. The summed E-state index contributed by atoms with van der Waals surface area (Å²) in [6.45, 7) is 2.17. The van der Waals surface area contributed by atoms with E-state index in [-0.39, 0.29) is 6.23 Å². The van der Waals surface area contributed by atoms with Crippen molar-refractivity contribution in [2.24, 2.45) is 4.99 Å². The summed E-state index contributed by atoms with van der Waals surface area (Å²) in [5.74, 6) is 0. The molecule has 1 rings (SSSR count). The SMILES string of the molecule is CCCCC1N=CN(C)O1. The van der Waals surface area contributed by atoms with Crippen molar-refractivity contribution in [2.45, 2.75) is 32.4 Å². The average Bonchev–Trinajstić information content (AvgIpc) is 2.31. The van der Waals surface area contributed by atoms with Gasteiger partial charge in [-0.25, -0.2) is 14.9 Å². The van der Waals surface area contributed by atoms with E-state index in [1.807, 2.05) is 7.05 Å². The van der Waals surface area contributed by atoms with Gasteiger partial charge in [-0.2, -0.15) is 0 Å². The standard InChI is InChI=1S/C7H14N2O/c1-3-4-5-7-8-6-9(2)10-7/h6-7H,3-5H2,1-2H3. The summed E-state index contributed by atoms with van der Waals surface area (Å²) in [7, 11) is 1.86. The van der Waals surface area contributed by atoms with Crippen LogP contribution in [0.25, 0.3) is 0 Å². The predicted octanol–water partition coefficient (Wildman–Crippen LogP) is 1.41. The minimum Gasteiger partial charge on any atom is -0.246 e. The topological polar surface area (TPSA) is 24.8 Å². The quantitative estimate of drug-likeness (QED) is 0.595. The van der Waals surface area contributed by atoms with Gasteiger partial charge in [0.1, 0.15) is 6.34 Å². The molecule has 3 nitrogen and oxygen atoms in total. The third-order valence-electron chi connectivity index (χ3n) is 1.49. The van der Waals surface area contributed by atoms with Crippen molar-refractivity contribution in [3.05, 3.63) is 0 Å². The van der Waals surface area contributed by atoms with Crippen molar-refractivity contribution in [3.63, 3.8) is 0 Å². The fourth-order valence-corrected chi connectivity index (χ4v) is 0.921. The number of unbranched alkanes of at least 4 members (excludes halogenated alkanes) is 1. The van der Waals surface area contributed by atoms with Crippen LogP contribution in [0.1, 0.15) is 26.2 Å². The highest BCUT2D eigenvalue weighted by Gasteiger charge is 2.13. The molecule has 1 aliphatic heterocycles. The highest BCUT2D eigenvalue weighted by molar-refractivity contribution is 5.54. The number of hydrogen-bond donors (Lipinski definition) is 0. The molecule has 0 bridgehead atoms. The van der Waals surface area contributed by atoms with Gasteiger partial charge in [-0.05, 0) is 12.8 Å². The molecular weight excluding hydrogens is 128 g/mol. The smallest absolute Gasteiger partial charge is 0.177 e. The van der Waals surface area contributed by atoms with E-state index in [1.54, 1.807) is 11.4 Å². The Bertz CT molecular complexity index is 125. The Morgan fingerprint density at radius 3 is 3.00 bits per heavy atom. The van der Waals surface area contributed by atoms with Crippen molar-refractivity contribution in [1.82, 2.24) is 5.06 Å². The summed E-state index contributed by atoms with van der Waals surface area (Å²) in [6.07, 6.45) is 5.25. The van der Waals surface area contributed by atoms with Crippen LogP contribution in [-0.2, 0) is 4.84 Å². The normalized spacial score (nSPS) is 24.2. The highest BCUT2D eigenvalue weighted by Crippen LogP contribution is 2.10. The zero-order valence-electron chi connectivity index (χ0n) is 6.58. The summed E-state index contributed by atoms with van der Waals surface area (Å²) in [5.41, 5.74) is 0. The summed E-state index contributed by atoms with van der Waals surface area (Å²) in [6, 6.07) is 0. The van der Waals surface area contributed by atoms with Crippen LogP contribution in [0, 0.1) is 0 Å². The van der Waals surface area contributed by atoms with Crippen LogP contribution < -0.4 is 0 Å². The second-order valence-corrected chi connectivity index (χ2v) is 2.51. The molecule has 1 unspecified atom stereocenters. The minimum atomic E-state index is 0.0879. The van der Waals surface area contributed by atoms with Crippen LogP contribution in [0.2, 0.25) is 0 Å². The Kier molecular flexibility index (Phi) is 2.68. The third-order valence-corrected chi connectivity index (χ3v) is 1.49. The number of hydroxylamine groups is 2. The molecule has 1 heterocycles.